The third-order valence-electron chi connectivity index (χ3n) is 5.03. The second-order valence-electron chi connectivity index (χ2n) is 6.52. The van der Waals surface area contributed by atoms with Crippen molar-refractivity contribution >= 4 is 0 Å². The van der Waals surface area contributed by atoms with E-state index in [9.17, 15) is 0 Å². The van der Waals surface area contributed by atoms with Crippen molar-refractivity contribution in [1.82, 2.24) is 10.1 Å². The summed E-state index contributed by atoms with van der Waals surface area (Å²) in [6.45, 7) is 0. The van der Waals surface area contributed by atoms with Gasteiger partial charge in [0, 0.05) is 19.1 Å². The Morgan fingerprint density at radius 3 is 2.35 bits per heavy atom. The minimum Gasteiger partial charge on any atom is -0.370 e. The van der Waals surface area contributed by atoms with Gasteiger partial charge in [-0.1, -0.05) is 30.8 Å². The molecule has 0 atom stereocenters. The molecule has 5 nitrogen and oxygen atoms in total. The predicted octanol–water partition coefficient (Wildman–Crippen LogP) is 2.69. The van der Waals surface area contributed by atoms with Gasteiger partial charge < -0.3 is 15.0 Å². The summed E-state index contributed by atoms with van der Waals surface area (Å²) >= 11 is 0. The number of ether oxygens (including phenoxy) is 1. The van der Waals surface area contributed by atoms with Gasteiger partial charge in [0.05, 0.1) is 0 Å². The molecule has 0 aliphatic heterocycles. The summed E-state index contributed by atoms with van der Waals surface area (Å²) < 4.78 is 11.2. The van der Waals surface area contributed by atoms with Crippen molar-refractivity contribution in [3.05, 3.63) is 11.7 Å². The molecular formula is C15H25N3O2. The fourth-order valence-corrected chi connectivity index (χ4v) is 3.44. The van der Waals surface area contributed by atoms with Crippen LogP contribution in [-0.4, -0.2) is 22.8 Å². The van der Waals surface area contributed by atoms with E-state index < -0.39 is 0 Å². The summed E-state index contributed by atoms with van der Waals surface area (Å²) in [6, 6.07) is 0. The Bertz CT molecular complexity index is 446. The zero-order chi connectivity index (χ0) is 14.1. The van der Waals surface area contributed by atoms with Crippen LogP contribution in [0.4, 0.5) is 0 Å². The molecule has 0 aromatic carbocycles. The first-order chi connectivity index (χ1) is 9.66. The molecule has 20 heavy (non-hydrogen) atoms. The molecule has 0 amide bonds. The number of rotatable bonds is 4. The predicted molar refractivity (Wildman–Crippen MR) is 75.2 cm³/mol. The maximum Gasteiger partial charge on any atom is 0.228 e. The van der Waals surface area contributed by atoms with Gasteiger partial charge >= 0.3 is 0 Å². The van der Waals surface area contributed by atoms with Gasteiger partial charge in [-0.2, -0.15) is 4.98 Å². The number of aromatic nitrogens is 2. The van der Waals surface area contributed by atoms with E-state index >= 15 is 0 Å². The number of nitrogens with two attached hydrogens (primary N) is 1. The quantitative estimate of drug-likeness (QED) is 0.858. The van der Waals surface area contributed by atoms with Gasteiger partial charge in [-0.05, 0) is 32.1 Å². The third-order valence-corrected chi connectivity index (χ3v) is 5.03. The van der Waals surface area contributed by atoms with E-state index in [1.54, 1.807) is 7.11 Å². The number of nitrogens with zero attached hydrogens (tertiary/aromatic N) is 2. The van der Waals surface area contributed by atoms with Crippen LogP contribution in [0.5, 0.6) is 0 Å². The molecule has 5 heteroatoms. The van der Waals surface area contributed by atoms with Crippen molar-refractivity contribution in [3.63, 3.8) is 0 Å². The zero-order valence-electron chi connectivity index (χ0n) is 12.4. The molecule has 0 saturated heterocycles. The highest BCUT2D eigenvalue weighted by molar-refractivity contribution is 5.06. The molecule has 0 radical (unpaired) electrons. The second kappa shape index (κ2) is 5.45. The van der Waals surface area contributed by atoms with Crippen molar-refractivity contribution in [1.29, 1.82) is 0 Å². The lowest BCUT2D eigenvalue weighted by molar-refractivity contribution is -0.0365. The summed E-state index contributed by atoms with van der Waals surface area (Å²) in [6.07, 6.45) is 10.8. The summed E-state index contributed by atoms with van der Waals surface area (Å²) in [5, 5.41) is 4.20. The normalized spacial score (nSPS) is 24.9. The van der Waals surface area contributed by atoms with Crippen molar-refractivity contribution in [2.75, 3.05) is 7.11 Å². The molecule has 1 aromatic rings. The lowest BCUT2D eigenvalue weighted by Gasteiger charge is -2.36. The van der Waals surface area contributed by atoms with E-state index in [0.717, 1.165) is 31.5 Å². The molecule has 2 aliphatic carbocycles. The van der Waals surface area contributed by atoms with Crippen LogP contribution in [0.3, 0.4) is 0 Å². The van der Waals surface area contributed by atoms with E-state index in [2.05, 4.69) is 10.1 Å². The van der Waals surface area contributed by atoms with Gasteiger partial charge in [-0.3, -0.25) is 0 Å². The van der Waals surface area contributed by atoms with Crippen molar-refractivity contribution in [2.24, 2.45) is 5.73 Å². The first-order valence-corrected chi connectivity index (χ1v) is 7.83. The summed E-state index contributed by atoms with van der Waals surface area (Å²) in [4.78, 5) is 4.60. The molecule has 2 fully saturated rings. The Hall–Kier alpha value is -0.940. The Labute approximate surface area is 120 Å². The van der Waals surface area contributed by atoms with E-state index in [1.165, 1.54) is 32.1 Å². The highest BCUT2D eigenvalue weighted by Gasteiger charge is 2.39. The number of hydrogen-bond donors (Lipinski definition) is 1. The van der Waals surface area contributed by atoms with Crippen LogP contribution in [-0.2, 0) is 16.8 Å². The summed E-state index contributed by atoms with van der Waals surface area (Å²) in [5.74, 6) is 1.39. The summed E-state index contributed by atoms with van der Waals surface area (Å²) in [7, 11) is 1.76. The molecule has 2 saturated carbocycles. The highest BCUT2D eigenvalue weighted by atomic mass is 16.5. The molecule has 2 aliphatic rings. The Kier molecular flexibility index (Phi) is 3.82. The largest absolute Gasteiger partial charge is 0.370 e. The molecule has 2 N–H and O–H groups in total. The minimum atomic E-state index is -0.348. The van der Waals surface area contributed by atoms with Gasteiger partial charge in [0.2, 0.25) is 11.7 Å². The van der Waals surface area contributed by atoms with Gasteiger partial charge in [0.25, 0.3) is 0 Å². The molecule has 0 spiro atoms. The van der Waals surface area contributed by atoms with Crippen molar-refractivity contribution < 1.29 is 9.26 Å². The molecule has 1 aromatic heterocycles. The average molecular weight is 279 g/mol. The highest BCUT2D eigenvalue weighted by Crippen LogP contribution is 2.38. The smallest absolute Gasteiger partial charge is 0.228 e. The topological polar surface area (TPSA) is 74.2 Å². The lowest BCUT2D eigenvalue weighted by Crippen LogP contribution is -2.48. The second-order valence-corrected chi connectivity index (χ2v) is 6.52. The minimum absolute atomic E-state index is 0.118. The molecular weight excluding hydrogens is 254 g/mol. The average Bonchev–Trinajstić information content (AvgIpc) is 2.74. The molecule has 0 unspecified atom stereocenters. The maximum absolute atomic E-state index is 6.25. The van der Waals surface area contributed by atoms with Crippen LogP contribution < -0.4 is 5.73 Å². The van der Waals surface area contributed by atoms with Crippen LogP contribution in [0.2, 0.25) is 0 Å². The molecule has 112 valence electrons. The van der Waals surface area contributed by atoms with Crippen LogP contribution in [0.15, 0.2) is 4.52 Å². The van der Waals surface area contributed by atoms with E-state index in [4.69, 9.17) is 15.0 Å². The van der Waals surface area contributed by atoms with Gasteiger partial charge in [0.1, 0.15) is 5.60 Å². The standard InChI is InChI=1S/C15H25N3O2/c1-19-15(9-4-2-3-5-10-15)13-17-12(20-18-13)11-14(16)7-6-8-14/h2-11,16H2,1H3. The van der Waals surface area contributed by atoms with Crippen molar-refractivity contribution in [2.45, 2.75) is 75.3 Å². The lowest BCUT2D eigenvalue weighted by atomic mass is 9.75. The SMILES string of the molecule is COC1(c2noc(CC3(N)CCC3)n2)CCCCCC1. The van der Waals surface area contributed by atoms with Crippen LogP contribution >= 0.6 is 0 Å². The zero-order valence-corrected chi connectivity index (χ0v) is 12.4. The molecule has 3 rings (SSSR count). The summed E-state index contributed by atoms with van der Waals surface area (Å²) in [5.41, 5.74) is 5.79. The first kappa shape index (κ1) is 14.0. The van der Waals surface area contributed by atoms with Crippen LogP contribution in [0.1, 0.15) is 69.5 Å². The van der Waals surface area contributed by atoms with Gasteiger partial charge in [0.15, 0.2) is 0 Å². The monoisotopic (exact) mass is 279 g/mol. The third kappa shape index (κ3) is 2.61. The maximum atomic E-state index is 6.25. The Morgan fingerprint density at radius 2 is 1.80 bits per heavy atom. The Balaban J connectivity index is 1.76. The van der Waals surface area contributed by atoms with E-state index in [0.29, 0.717) is 12.3 Å². The number of hydrogen-bond acceptors (Lipinski definition) is 5. The molecule has 1 heterocycles. The van der Waals surface area contributed by atoms with E-state index in [1.807, 2.05) is 0 Å². The Morgan fingerprint density at radius 1 is 1.10 bits per heavy atom. The fourth-order valence-electron chi connectivity index (χ4n) is 3.44. The van der Waals surface area contributed by atoms with Crippen LogP contribution in [0, 0.1) is 0 Å². The molecule has 0 bridgehead atoms. The van der Waals surface area contributed by atoms with Crippen LogP contribution in [0.25, 0.3) is 0 Å². The van der Waals surface area contributed by atoms with Gasteiger partial charge in [-0.25, -0.2) is 0 Å². The first-order valence-electron chi connectivity index (χ1n) is 7.83. The fraction of sp³-hybridized carbons (Fsp3) is 0.867. The van der Waals surface area contributed by atoms with Crippen molar-refractivity contribution in [3.8, 4) is 0 Å². The van der Waals surface area contributed by atoms with E-state index in [-0.39, 0.29) is 11.1 Å². The number of methoxy groups -OCH3 is 1. The van der Waals surface area contributed by atoms with Gasteiger partial charge in [-0.15, -0.1) is 0 Å².